The summed E-state index contributed by atoms with van der Waals surface area (Å²) >= 11 is 3.48. The van der Waals surface area contributed by atoms with Crippen LogP contribution in [0.3, 0.4) is 0 Å². The van der Waals surface area contributed by atoms with Crippen LogP contribution in [0.2, 0.25) is 0 Å². The number of furan rings is 2. The zero-order valence-electron chi connectivity index (χ0n) is 9.65. The van der Waals surface area contributed by atoms with E-state index in [1.54, 1.807) is 6.26 Å². The fourth-order valence-electron chi connectivity index (χ4n) is 1.89. The van der Waals surface area contributed by atoms with Gasteiger partial charge in [-0.3, -0.25) is 0 Å². The fourth-order valence-corrected chi connectivity index (χ4v) is 2.35. The molecule has 0 aliphatic carbocycles. The van der Waals surface area contributed by atoms with Gasteiger partial charge in [-0.1, -0.05) is 12.1 Å². The molecule has 0 spiro atoms. The predicted molar refractivity (Wildman–Crippen MR) is 73.2 cm³/mol. The second-order valence-electron chi connectivity index (χ2n) is 4.05. The minimum absolute atomic E-state index is 0.682. The van der Waals surface area contributed by atoms with E-state index in [1.807, 2.05) is 30.3 Å². The van der Waals surface area contributed by atoms with Gasteiger partial charge in [0.25, 0.3) is 0 Å². The number of halogens is 1. The first-order valence-corrected chi connectivity index (χ1v) is 6.52. The molecule has 2 aromatic heterocycles. The van der Waals surface area contributed by atoms with Crippen LogP contribution in [0.15, 0.2) is 56.0 Å². The van der Waals surface area contributed by atoms with Crippen molar-refractivity contribution in [3.63, 3.8) is 0 Å². The Morgan fingerprint density at radius 3 is 2.72 bits per heavy atom. The minimum atomic E-state index is 0.682. The molecular formula is C14H12BrNO2. The molecule has 92 valence electrons. The third-order valence-electron chi connectivity index (χ3n) is 2.73. The van der Waals surface area contributed by atoms with Crippen molar-refractivity contribution in [3.05, 3.63) is 58.7 Å². The van der Waals surface area contributed by atoms with Crippen molar-refractivity contribution >= 4 is 26.9 Å². The minimum Gasteiger partial charge on any atom is -0.468 e. The zero-order valence-corrected chi connectivity index (χ0v) is 11.2. The molecule has 2 heterocycles. The standard InChI is InChI=1S/C14H12BrNO2/c15-13-5-1-3-10-7-12(18-14(10)13)9-16-8-11-4-2-6-17-11/h1-7,16H,8-9H2. The third-order valence-corrected chi connectivity index (χ3v) is 3.35. The SMILES string of the molecule is Brc1cccc2cc(CNCc3ccco3)oc12. The lowest BCUT2D eigenvalue weighted by Gasteiger charge is -1.98. The van der Waals surface area contributed by atoms with Gasteiger partial charge >= 0.3 is 0 Å². The Morgan fingerprint density at radius 1 is 1.06 bits per heavy atom. The van der Waals surface area contributed by atoms with Crippen LogP contribution in [-0.2, 0) is 13.1 Å². The van der Waals surface area contributed by atoms with Gasteiger partial charge in [0.1, 0.15) is 17.1 Å². The molecule has 0 bridgehead atoms. The molecule has 0 amide bonds. The molecule has 0 radical (unpaired) electrons. The molecule has 3 aromatic rings. The monoisotopic (exact) mass is 305 g/mol. The van der Waals surface area contributed by atoms with E-state index in [0.29, 0.717) is 13.1 Å². The highest BCUT2D eigenvalue weighted by Crippen LogP contribution is 2.26. The van der Waals surface area contributed by atoms with Crippen molar-refractivity contribution < 1.29 is 8.83 Å². The average Bonchev–Trinajstić information content (AvgIpc) is 2.98. The summed E-state index contributed by atoms with van der Waals surface area (Å²) in [5.74, 6) is 1.84. The molecule has 0 saturated heterocycles. The summed E-state index contributed by atoms with van der Waals surface area (Å²) in [5.41, 5.74) is 0.896. The normalized spacial score (nSPS) is 11.2. The molecule has 1 aromatic carbocycles. The van der Waals surface area contributed by atoms with Crippen LogP contribution >= 0.6 is 15.9 Å². The molecule has 18 heavy (non-hydrogen) atoms. The number of para-hydroxylation sites is 1. The number of hydrogen-bond donors (Lipinski definition) is 1. The van der Waals surface area contributed by atoms with E-state index >= 15 is 0 Å². The highest BCUT2D eigenvalue weighted by molar-refractivity contribution is 9.10. The van der Waals surface area contributed by atoms with Crippen molar-refractivity contribution in [2.45, 2.75) is 13.1 Å². The summed E-state index contributed by atoms with van der Waals surface area (Å²) in [6.07, 6.45) is 1.68. The van der Waals surface area contributed by atoms with E-state index in [-0.39, 0.29) is 0 Å². The molecule has 1 N–H and O–H groups in total. The molecular weight excluding hydrogens is 294 g/mol. The topological polar surface area (TPSA) is 38.3 Å². The lowest BCUT2D eigenvalue weighted by Crippen LogP contribution is -2.11. The first-order chi connectivity index (χ1) is 8.83. The number of hydrogen-bond acceptors (Lipinski definition) is 3. The Hall–Kier alpha value is -1.52. The number of nitrogens with one attached hydrogen (secondary N) is 1. The van der Waals surface area contributed by atoms with Gasteiger partial charge in [-0.15, -0.1) is 0 Å². The highest BCUT2D eigenvalue weighted by Gasteiger charge is 2.06. The Morgan fingerprint density at radius 2 is 1.94 bits per heavy atom. The summed E-state index contributed by atoms with van der Waals surface area (Å²) in [7, 11) is 0. The van der Waals surface area contributed by atoms with Gasteiger partial charge in [-0.25, -0.2) is 0 Å². The van der Waals surface area contributed by atoms with Crippen LogP contribution in [0.1, 0.15) is 11.5 Å². The van der Waals surface area contributed by atoms with Gasteiger partial charge in [0, 0.05) is 5.39 Å². The van der Waals surface area contributed by atoms with Crippen molar-refractivity contribution in [2.24, 2.45) is 0 Å². The Balaban J connectivity index is 1.69. The fraction of sp³-hybridized carbons (Fsp3) is 0.143. The van der Waals surface area contributed by atoms with Gasteiger partial charge in [0.05, 0.1) is 23.8 Å². The molecule has 0 atom stereocenters. The Labute approximate surface area is 113 Å². The number of fused-ring (bicyclic) bond motifs is 1. The van der Waals surface area contributed by atoms with Crippen LogP contribution in [-0.4, -0.2) is 0 Å². The van der Waals surface area contributed by atoms with Crippen molar-refractivity contribution in [1.82, 2.24) is 5.32 Å². The van der Waals surface area contributed by atoms with E-state index in [0.717, 1.165) is 27.0 Å². The van der Waals surface area contributed by atoms with Crippen molar-refractivity contribution in [3.8, 4) is 0 Å². The van der Waals surface area contributed by atoms with E-state index in [9.17, 15) is 0 Å². The highest BCUT2D eigenvalue weighted by atomic mass is 79.9. The third kappa shape index (κ3) is 2.35. The molecule has 0 unspecified atom stereocenters. The van der Waals surface area contributed by atoms with Gasteiger partial charge in [0.2, 0.25) is 0 Å². The molecule has 0 aliphatic rings. The van der Waals surface area contributed by atoms with Gasteiger partial charge < -0.3 is 14.2 Å². The van der Waals surface area contributed by atoms with E-state index in [2.05, 4.69) is 27.3 Å². The van der Waals surface area contributed by atoms with Crippen LogP contribution < -0.4 is 5.32 Å². The number of benzene rings is 1. The summed E-state index contributed by atoms with van der Waals surface area (Å²) < 4.78 is 12.0. The smallest absolute Gasteiger partial charge is 0.148 e. The van der Waals surface area contributed by atoms with E-state index in [1.165, 1.54) is 0 Å². The maximum atomic E-state index is 5.78. The quantitative estimate of drug-likeness (QED) is 0.789. The lowest BCUT2D eigenvalue weighted by molar-refractivity contribution is 0.461. The Kier molecular flexibility index (Phi) is 3.21. The van der Waals surface area contributed by atoms with E-state index in [4.69, 9.17) is 8.83 Å². The average molecular weight is 306 g/mol. The van der Waals surface area contributed by atoms with Gasteiger partial charge in [-0.05, 0) is 40.2 Å². The van der Waals surface area contributed by atoms with Crippen LogP contribution in [0.25, 0.3) is 11.0 Å². The van der Waals surface area contributed by atoms with Gasteiger partial charge in [-0.2, -0.15) is 0 Å². The first kappa shape index (κ1) is 11.6. The van der Waals surface area contributed by atoms with Crippen molar-refractivity contribution in [1.29, 1.82) is 0 Å². The van der Waals surface area contributed by atoms with Crippen molar-refractivity contribution in [2.75, 3.05) is 0 Å². The largest absolute Gasteiger partial charge is 0.468 e. The van der Waals surface area contributed by atoms with Crippen LogP contribution in [0, 0.1) is 0 Å². The maximum Gasteiger partial charge on any atom is 0.148 e. The number of rotatable bonds is 4. The molecule has 0 aliphatic heterocycles. The summed E-state index contributed by atoms with van der Waals surface area (Å²) in [6, 6.07) is 11.9. The molecule has 3 nitrogen and oxygen atoms in total. The summed E-state index contributed by atoms with van der Waals surface area (Å²) in [4.78, 5) is 0. The maximum absolute atomic E-state index is 5.78. The predicted octanol–water partition coefficient (Wildman–Crippen LogP) is 4.08. The molecule has 3 rings (SSSR count). The van der Waals surface area contributed by atoms with E-state index < -0.39 is 0 Å². The van der Waals surface area contributed by atoms with Crippen LogP contribution in [0.5, 0.6) is 0 Å². The Bertz CT molecular complexity index is 643. The summed E-state index contributed by atoms with van der Waals surface area (Å²) in [6.45, 7) is 1.38. The molecule has 0 saturated carbocycles. The second-order valence-corrected chi connectivity index (χ2v) is 4.91. The first-order valence-electron chi connectivity index (χ1n) is 5.73. The molecule has 0 fully saturated rings. The second kappa shape index (κ2) is 5.00. The van der Waals surface area contributed by atoms with Crippen LogP contribution in [0.4, 0.5) is 0 Å². The zero-order chi connectivity index (χ0) is 12.4. The lowest BCUT2D eigenvalue weighted by atomic mass is 10.2. The molecule has 4 heteroatoms. The van der Waals surface area contributed by atoms with Gasteiger partial charge in [0.15, 0.2) is 0 Å². The summed E-state index contributed by atoms with van der Waals surface area (Å²) in [5, 5.41) is 4.39.